The molecule has 0 spiro atoms. The van der Waals surface area contributed by atoms with Crippen molar-refractivity contribution in [1.29, 1.82) is 0 Å². The van der Waals surface area contributed by atoms with E-state index in [-0.39, 0.29) is 25.2 Å². The second-order valence-electron chi connectivity index (χ2n) is 6.71. The summed E-state index contributed by atoms with van der Waals surface area (Å²) >= 11 is 0. The molecule has 1 atom stereocenters. The van der Waals surface area contributed by atoms with Gasteiger partial charge >= 0.3 is 0 Å². The molecular weight excluding hydrogens is 320 g/mol. The molecule has 1 aromatic carbocycles. The van der Waals surface area contributed by atoms with Crippen molar-refractivity contribution in [3.63, 3.8) is 0 Å². The Morgan fingerprint density at radius 1 is 1.24 bits per heavy atom. The van der Waals surface area contributed by atoms with E-state index in [1.54, 1.807) is 4.90 Å². The number of rotatable bonds is 5. The van der Waals surface area contributed by atoms with Crippen molar-refractivity contribution in [3.05, 3.63) is 23.8 Å². The van der Waals surface area contributed by atoms with Crippen molar-refractivity contribution >= 4 is 11.8 Å². The molecule has 1 aromatic rings. The van der Waals surface area contributed by atoms with Gasteiger partial charge in [-0.15, -0.1) is 0 Å². The van der Waals surface area contributed by atoms with Gasteiger partial charge in [-0.3, -0.25) is 9.59 Å². The minimum absolute atomic E-state index is 0.0440. The minimum Gasteiger partial charge on any atom is -0.454 e. The summed E-state index contributed by atoms with van der Waals surface area (Å²) in [7, 11) is 0. The van der Waals surface area contributed by atoms with Gasteiger partial charge in [0.1, 0.15) is 6.54 Å². The molecule has 2 aliphatic heterocycles. The van der Waals surface area contributed by atoms with Crippen molar-refractivity contribution in [2.75, 3.05) is 19.9 Å². The standard InChI is InChI=1S/C19H26N2O4/c1-3-16-6-4-5-9-21(16)19(23)12-20(14(2)22)11-15-7-8-17-18(10-15)25-13-24-17/h7-8,10,16H,3-6,9,11-13H2,1-2H3. The van der Waals surface area contributed by atoms with Gasteiger partial charge in [0, 0.05) is 26.1 Å². The smallest absolute Gasteiger partial charge is 0.242 e. The Kier molecular flexibility index (Phi) is 5.46. The van der Waals surface area contributed by atoms with Crippen LogP contribution < -0.4 is 9.47 Å². The lowest BCUT2D eigenvalue weighted by atomic mass is 10.00. The molecule has 0 radical (unpaired) electrons. The van der Waals surface area contributed by atoms with Gasteiger partial charge in [0.25, 0.3) is 0 Å². The molecule has 2 aliphatic rings. The van der Waals surface area contributed by atoms with Crippen molar-refractivity contribution in [2.45, 2.75) is 52.1 Å². The van der Waals surface area contributed by atoms with Gasteiger partial charge in [-0.05, 0) is 43.4 Å². The second-order valence-corrected chi connectivity index (χ2v) is 6.71. The van der Waals surface area contributed by atoms with E-state index in [9.17, 15) is 9.59 Å². The Hall–Kier alpha value is -2.24. The molecule has 136 valence electrons. The molecule has 0 saturated carbocycles. The third-order valence-corrected chi connectivity index (χ3v) is 5.00. The Morgan fingerprint density at radius 2 is 2.04 bits per heavy atom. The second kappa shape index (κ2) is 7.76. The predicted octanol–water partition coefficient (Wildman–Crippen LogP) is 2.55. The van der Waals surface area contributed by atoms with E-state index in [0.717, 1.165) is 31.4 Å². The lowest BCUT2D eigenvalue weighted by Crippen LogP contribution is -2.48. The molecule has 1 unspecified atom stereocenters. The summed E-state index contributed by atoms with van der Waals surface area (Å²) in [6.07, 6.45) is 4.25. The number of likely N-dealkylation sites (tertiary alicyclic amines) is 1. The summed E-state index contributed by atoms with van der Waals surface area (Å²) in [6.45, 7) is 5.16. The maximum absolute atomic E-state index is 12.7. The third kappa shape index (κ3) is 4.06. The fourth-order valence-electron chi connectivity index (χ4n) is 3.55. The van der Waals surface area contributed by atoms with E-state index < -0.39 is 0 Å². The lowest BCUT2D eigenvalue weighted by Gasteiger charge is -2.36. The molecule has 0 aromatic heterocycles. The highest BCUT2D eigenvalue weighted by molar-refractivity contribution is 5.84. The largest absolute Gasteiger partial charge is 0.454 e. The van der Waals surface area contributed by atoms with Gasteiger partial charge in [0.2, 0.25) is 18.6 Å². The molecule has 2 amide bonds. The quantitative estimate of drug-likeness (QED) is 0.822. The molecule has 0 N–H and O–H groups in total. The van der Waals surface area contributed by atoms with Crippen LogP contribution in [0.2, 0.25) is 0 Å². The summed E-state index contributed by atoms with van der Waals surface area (Å²) in [4.78, 5) is 28.4. The first kappa shape index (κ1) is 17.6. The lowest BCUT2D eigenvalue weighted by molar-refractivity contribution is -0.142. The number of hydrogen-bond acceptors (Lipinski definition) is 4. The van der Waals surface area contributed by atoms with Crippen molar-refractivity contribution in [2.24, 2.45) is 0 Å². The fraction of sp³-hybridized carbons (Fsp3) is 0.579. The van der Waals surface area contributed by atoms with Crippen LogP contribution >= 0.6 is 0 Å². The Labute approximate surface area is 148 Å². The molecule has 1 saturated heterocycles. The number of carbonyl (C=O) groups is 2. The summed E-state index contributed by atoms with van der Waals surface area (Å²) in [6, 6.07) is 5.93. The normalized spacial score (nSPS) is 19.0. The van der Waals surface area contributed by atoms with Gasteiger partial charge < -0.3 is 19.3 Å². The van der Waals surface area contributed by atoms with Gasteiger partial charge in [0.15, 0.2) is 11.5 Å². The van der Waals surface area contributed by atoms with Crippen LogP contribution in [0.25, 0.3) is 0 Å². The number of carbonyl (C=O) groups excluding carboxylic acids is 2. The van der Waals surface area contributed by atoms with Gasteiger partial charge in [-0.25, -0.2) is 0 Å². The first-order valence-corrected chi connectivity index (χ1v) is 9.02. The average Bonchev–Trinajstić information content (AvgIpc) is 3.08. The topological polar surface area (TPSA) is 59.1 Å². The van der Waals surface area contributed by atoms with Crippen LogP contribution in [0.5, 0.6) is 11.5 Å². The minimum atomic E-state index is -0.101. The number of amides is 2. The molecule has 2 heterocycles. The highest BCUT2D eigenvalue weighted by Gasteiger charge is 2.27. The summed E-state index contributed by atoms with van der Waals surface area (Å²) in [5.74, 6) is 1.35. The van der Waals surface area contributed by atoms with E-state index >= 15 is 0 Å². The van der Waals surface area contributed by atoms with Crippen LogP contribution in [-0.2, 0) is 16.1 Å². The monoisotopic (exact) mass is 346 g/mol. The van der Waals surface area contributed by atoms with E-state index in [0.29, 0.717) is 24.1 Å². The van der Waals surface area contributed by atoms with Gasteiger partial charge in [0.05, 0.1) is 0 Å². The van der Waals surface area contributed by atoms with Crippen LogP contribution in [0.1, 0.15) is 45.1 Å². The van der Waals surface area contributed by atoms with Crippen molar-refractivity contribution < 1.29 is 19.1 Å². The van der Waals surface area contributed by atoms with Gasteiger partial charge in [-0.1, -0.05) is 13.0 Å². The van der Waals surface area contributed by atoms with Crippen LogP contribution in [0.3, 0.4) is 0 Å². The van der Waals surface area contributed by atoms with E-state index in [1.807, 2.05) is 23.1 Å². The Balaban J connectivity index is 1.66. The number of piperidine rings is 1. The Bertz CT molecular complexity index is 646. The predicted molar refractivity (Wildman–Crippen MR) is 93.3 cm³/mol. The summed E-state index contributed by atoms with van der Waals surface area (Å²) in [5, 5.41) is 0. The summed E-state index contributed by atoms with van der Waals surface area (Å²) < 4.78 is 10.7. The number of benzene rings is 1. The highest BCUT2D eigenvalue weighted by Crippen LogP contribution is 2.32. The molecular formula is C19H26N2O4. The molecule has 3 rings (SSSR count). The maximum atomic E-state index is 12.7. The van der Waals surface area contributed by atoms with Crippen molar-refractivity contribution in [3.8, 4) is 11.5 Å². The average molecular weight is 346 g/mol. The first-order valence-electron chi connectivity index (χ1n) is 9.02. The van der Waals surface area contributed by atoms with Gasteiger partial charge in [-0.2, -0.15) is 0 Å². The molecule has 0 bridgehead atoms. The van der Waals surface area contributed by atoms with Crippen LogP contribution in [-0.4, -0.2) is 47.5 Å². The SMILES string of the molecule is CCC1CCCCN1C(=O)CN(Cc1ccc2c(c1)OCO2)C(C)=O. The molecule has 1 fully saturated rings. The van der Waals surface area contributed by atoms with E-state index in [4.69, 9.17) is 9.47 Å². The highest BCUT2D eigenvalue weighted by atomic mass is 16.7. The zero-order chi connectivity index (χ0) is 17.8. The van der Waals surface area contributed by atoms with E-state index in [1.165, 1.54) is 13.3 Å². The molecule has 6 heteroatoms. The number of hydrogen-bond donors (Lipinski definition) is 0. The molecule has 25 heavy (non-hydrogen) atoms. The van der Waals surface area contributed by atoms with Crippen LogP contribution in [0.4, 0.5) is 0 Å². The zero-order valence-electron chi connectivity index (χ0n) is 15.0. The summed E-state index contributed by atoms with van der Waals surface area (Å²) in [5.41, 5.74) is 0.929. The number of fused-ring (bicyclic) bond motifs is 1. The van der Waals surface area contributed by atoms with Crippen LogP contribution in [0.15, 0.2) is 18.2 Å². The van der Waals surface area contributed by atoms with Crippen LogP contribution in [0, 0.1) is 0 Å². The van der Waals surface area contributed by atoms with E-state index in [2.05, 4.69) is 6.92 Å². The third-order valence-electron chi connectivity index (χ3n) is 5.00. The number of ether oxygens (including phenoxy) is 2. The number of nitrogens with zero attached hydrogens (tertiary/aromatic N) is 2. The maximum Gasteiger partial charge on any atom is 0.242 e. The zero-order valence-corrected chi connectivity index (χ0v) is 15.0. The fourth-order valence-corrected chi connectivity index (χ4v) is 3.55. The first-order chi connectivity index (χ1) is 12.1. The Morgan fingerprint density at radius 3 is 2.80 bits per heavy atom. The molecule has 6 nitrogen and oxygen atoms in total. The van der Waals surface area contributed by atoms with Crippen molar-refractivity contribution in [1.82, 2.24) is 9.80 Å². The molecule has 0 aliphatic carbocycles.